The van der Waals surface area contributed by atoms with Gasteiger partial charge in [-0.3, -0.25) is 14.5 Å². The van der Waals surface area contributed by atoms with Gasteiger partial charge in [-0.2, -0.15) is 0 Å². The van der Waals surface area contributed by atoms with Crippen LogP contribution in [0.5, 0.6) is 0 Å². The number of pyridine rings is 1. The molecule has 3 rings (SSSR count). The number of nitrogens with zero attached hydrogens (tertiary/aromatic N) is 3. The van der Waals surface area contributed by atoms with Gasteiger partial charge in [-0.05, 0) is 61.3 Å². The number of thiazole rings is 1. The first-order valence-electron chi connectivity index (χ1n) is 8.79. The van der Waals surface area contributed by atoms with Crippen LogP contribution in [-0.4, -0.2) is 46.3 Å². The van der Waals surface area contributed by atoms with Crippen LogP contribution in [-0.2, 0) is 9.59 Å². The van der Waals surface area contributed by atoms with Gasteiger partial charge < -0.3 is 10.6 Å². The van der Waals surface area contributed by atoms with Gasteiger partial charge in [0.05, 0.1) is 18.2 Å². The zero-order valence-corrected chi connectivity index (χ0v) is 17.7. The third kappa shape index (κ3) is 5.57. The highest BCUT2D eigenvalue weighted by Crippen LogP contribution is 2.22. The predicted molar refractivity (Wildman–Crippen MR) is 110 cm³/mol. The maximum atomic E-state index is 12.5. The quantitative estimate of drug-likeness (QED) is 0.728. The predicted octanol–water partition coefficient (Wildman–Crippen LogP) is 3.21. The Morgan fingerprint density at radius 1 is 1.33 bits per heavy atom. The molecule has 0 spiro atoms. The summed E-state index contributed by atoms with van der Waals surface area (Å²) in [6.07, 6.45) is 3.34. The molecule has 2 amide bonds. The van der Waals surface area contributed by atoms with E-state index in [9.17, 15) is 9.59 Å². The molecule has 0 aliphatic carbocycles. The topological polar surface area (TPSA) is 87.2 Å². The normalized spacial score (nSPS) is 17.5. The van der Waals surface area contributed by atoms with Crippen LogP contribution >= 0.6 is 27.3 Å². The molecule has 0 radical (unpaired) electrons. The lowest BCUT2D eigenvalue weighted by atomic mass is 9.97. The third-order valence-electron chi connectivity index (χ3n) is 4.50. The molecule has 3 heterocycles. The average Bonchev–Trinajstić information content (AvgIpc) is 2.94. The number of halogens is 1. The number of likely N-dealkylation sites (tertiary alicyclic amines) is 1. The van der Waals surface area contributed by atoms with E-state index in [1.165, 1.54) is 11.3 Å². The molecule has 1 atom stereocenters. The molecule has 7 nitrogen and oxygen atoms in total. The molecule has 9 heteroatoms. The summed E-state index contributed by atoms with van der Waals surface area (Å²) < 4.78 is 0.862. The van der Waals surface area contributed by atoms with Gasteiger partial charge in [0, 0.05) is 22.1 Å². The molecule has 0 saturated carbocycles. The van der Waals surface area contributed by atoms with Crippen molar-refractivity contribution in [2.45, 2.75) is 26.7 Å². The van der Waals surface area contributed by atoms with Crippen molar-refractivity contribution in [1.29, 1.82) is 0 Å². The van der Waals surface area contributed by atoms with E-state index in [1.807, 2.05) is 24.8 Å². The molecule has 1 fully saturated rings. The first-order valence-corrected chi connectivity index (χ1v) is 10.4. The van der Waals surface area contributed by atoms with Crippen LogP contribution in [0, 0.1) is 19.8 Å². The first kappa shape index (κ1) is 19.9. The monoisotopic (exact) mass is 451 g/mol. The van der Waals surface area contributed by atoms with Crippen molar-refractivity contribution >= 4 is 50.0 Å². The number of hydrogen-bond donors (Lipinski definition) is 2. The molecular weight excluding hydrogens is 430 g/mol. The Balaban J connectivity index is 1.51. The molecule has 27 heavy (non-hydrogen) atoms. The van der Waals surface area contributed by atoms with Crippen LogP contribution in [0.2, 0.25) is 0 Å². The summed E-state index contributed by atoms with van der Waals surface area (Å²) >= 11 is 4.80. The van der Waals surface area contributed by atoms with Gasteiger partial charge in [-0.25, -0.2) is 9.97 Å². The van der Waals surface area contributed by atoms with Crippen molar-refractivity contribution in [2.24, 2.45) is 5.92 Å². The molecular formula is C18H22BrN5O2S. The highest BCUT2D eigenvalue weighted by Gasteiger charge is 2.27. The van der Waals surface area contributed by atoms with Gasteiger partial charge in [0.2, 0.25) is 11.8 Å². The SMILES string of the molecule is Cc1nc(NC(=O)CN2CCCC(C(=O)Nc3ccc(Br)cn3)C2)sc1C. The van der Waals surface area contributed by atoms with Gasteiger partial charge in [0.25, 0.3) is 0 Å². The van der Waals surface area contributed by atoms with Crippen LogP contribution in [0.4, 0.5) is 10.9 Å². The van der Waals surface area contributed by atoms with Crippen LogP contribution in [0.1, 0.15) is 23.4 Å². The van der Waals surface area contributed by atoms with Crippen molar-refractivity contribution in [3.05, 3.63) is 33.4 Å². The average molecular weight is 452 g/mol. The minimum Gasteiger partial charge on any atom is -0.310 e. The fourth-order valence-electron chi connectivity index (χ4n) is 2.98. The van der Waals surface area contributed by atoms with Crippen molar-refractivity contribution in [3.8, 4) is 0 Å². The second-order valence-electron chi connectivity index (χ2n) is 6.63. The molecule has 2 N–H and O–H groups in total. The van der Waals surface area contributed by atoms with Gasteiger partial charge in [0.1, 0.15) is 5.82 Å². The number of hydrogen-bond acceptors (Lipinski definition) is 6. The van der Waals surface area contributed by atoms with Gasteiger partial charge in [0.15, 0.2) is 5.13 Å². The van der Waals surface area contributed by atoms with E-state index in [2.05, 4.69) is 36.5 Å². The molecule has 1 saturated heterocycles. The van der Waals surface area contributed by atoms with Crippen LogP contribution in [0.3, 0.4) is 0 Å². The largest absolute Gasteiger partial charge is 0.310 e. The summed E-state index contributed by atoms with van der Waals surface area (Å²) in [5.74, 6) is 0.231. The Morgan fingerprint density at radius 3 is 2.81 bits per heavy atom. The molecule has 2 aromatic rings. The van der Waals surface area contributed by atoms with Gasteiger partial charge in [-0.1, -0.05) is 0 Å². The smallest absolute Gasteiger partial charge is 0.240 e. The molecule has 2 aromatic heterocycles. The second kappa shape index (κ2) is 8.90. The number of carbonyl (C=O) groups is 2. The standard InChI is InChI=1S/C18H22BrN5O2S/c1-11-12(2)27-18(21-11)23-16(25)10-24-7-3-4-13(9-24)17(26)22-15-6-5-14(19)8-20-15/h5-6,8,13H,3-4,7,9-10H2,1-2H3,(H,20,22,26)(H,21,23,25). The lowest BCUT2D eigenvalue weighted by Gasteiger charge is -2.31. The minimum atomic E-state index is -0.152. The fourth-order valence-corrected chi connectivity index (χ4v) is 4.04. The molecule has 0 aromatic carbocycles. The van der Waals surface area contributed by atoms with Crippen molar-refractivity contribution in [1.82, 2.24) is 14.9 Å². The Morgan fingerprint density at radius 2 is 2.15 bits per heavy atom. The summed E-state index contributed by atoms with van der Waals surface area (Å²) in [7, 11) is 0. The minimum absolute atomic E-state index is 0.0545. The number of amides is 2. The van der Waals surface area contributed by atoms with E-state index >= 15 is 0 Å². The van der Waals surface area contributed by atoms with Crippen molar-refractivity contribution in [2.75, 3.05) is 30.3 Å². The molecule has 144 valence electrons. The fraction of sp³-hybridized carbons (Fsp3) is 0.444. The molecule has 1 aliphatic heterocycles. The van der Waals surface area contributed by atoms with Crippen LogP contribution in [0.15, 0.2) is 22.8 Å². The summed E-state index contributed by atoms with van der Waals surface area (Å²) in [5.41, 5.74) is 0.937. The maximum Gasteiger partial charge on any atom is 0.240 e. The number of aryl methyl sites for hydroxylation is 2. The second-order valence-corrected chi connectivity index (χ2v) is 8.75. The van der Waals surface area contributed by atoms with Crippen LogP contribution < -0.4 is 10.6 Å². The summed E-state index contributed by atoms with van der Waals surface area (Å²) in [6.45, 7) is 5.54. The lowest BCUT2D eigenvalue weighted by molar-refractivity contribution is -0.123. The van der Waals surface area contributed by atoms with E-state index < -0.39 is 0 Å². The first-order chi connectivity index (χ1) is 12.9. The van der Waals surface area contributed by atoms with Crippen molar-refractivity contribution < 1.29 is 9.59 Å². The highest BCUT2D eigenvalue weighted by molar-refractivity contribution is 9.10. The Kier molecular flexibility index (Phi) is 6.56. The van der Waals surface area contributed by atoms with E-state index in [4.69, 9.17) is 0 Å². The number of carbonyl (C=O) groups excluding carboxylic acids is 2. The number of aromatic nitrogens is 2. The Labute approximate surface area is 170 Å². The Hall–Kier alpha value is -1.84. The van der Waals surface area contributed by atoms with E-state index in [-0.39, 0.29) is 24.3 Å². The van der Waals surface area contributed by atoms with Gasteiger partial charge >= 0.3 is 0 Å². The number of piperidine rings is 1. The zero-order valence-electron chi connectivity index (χ0n) is 15.3. The number of rotatable bonds is 5. The van der Waals surface area contributed by atoms with Crippen LogP contribution in [0.25, 0.3) is 0 Å². The molecule has 1 aliphatic rings. The zero-order chi connectivity index (χ0) is 19.4. The molecule has 0 bridgehead atoms. The number of anilines is 2. The van der Waals surface area contributed by atoms with E-state index in [1.54, 1.807) is 12.3 Å². The summed E-state index contributed by atoms with van der Waals surface area (Å²) in [4.78, 5) is 36.4. The van der Waals surface area contributed by atoms with Gasteiger partial charge in [-0.15, -0.1) is 11.3 Å². The molecule has 1 unspecified atom stereocenters. The highest BCUT2D eigenvalue weighted by atomic mass is 79.9. The lowest BCUT2D eigenvalue weighted by Crippen LogP contribution is -2.44. The van der Waals surface area contributed by atoms with Crippen molar-refractivity contribution in [3.63, 3.8) is 0 Å². The summed E-state index contributed by atoms with van der Waals surface area (Å²) in [5, 5.41) is 6.33. The van der Waals surface area contributed by atoms with E-state index in [0.717, 1.165) is 34.4 Å². The van der Waals surface area contributed by atoms with E-state index in [0.29, 0.717) is 17.5 Å². The number of nitrogens with one attached hydrogen (secondary N) is 2. The Bertz CT molecular complexity index is 804. The third-order valence-corrected chi connectivity index (χ3v) is 5.95. The maximum absolute atomic E-state index is 12.5. The summed E-state index contributed by atoms with van der Waals surface area (Å²) in [6, 6.07) is 3.59.